The van der Waals surface area contributed by atoms with E-state index in [-0.39, 0.29) is 22.1 Å². The van der Waals surface area contributed by atoms with E-state index in [2.05, 4.69) is 7.85 Å². The van der Waals surface area contributed by atoms with Crippen LogP contribution in [0.3, 0.4) is 0 Å². The lowest BCUT2D eigenvalue weighted by Gasteiger charge is -2.14. The van der Waals surface area contributed by atoms with Crippen LogP contribution in [-0.4, -0.2) is 36.7 Å². The first-order valence-corrected chi connectivity index (χ1v) is 11.6. The number of ketones is 1. The molecule has 0 N–H and O–H groups in total. The van der Waals surface area contributed by atoms with E-state index in [1.807, 2.05) is 6.07 Å². The highest BCUT2D eigenvalue weighted by molar-refractivity contribution is 6.05. The van der Waals surface area contributed by atoms with E-state index in [4.69, 9.17) is 4.74 Å². The summed E-state index contributed by atoms with van der Waals surface area (Å²) in [6.07, 6.45) is 8.57. The third kappa shape index (κ3) is 8.37. The van der Waals surface area contributed by atoms with Crippen molar-refractivity contribution in [2.24, 2.45) is 0 Å². The lowest BCUT2D eigenvalue weighted by Crippen LogP contribution is -2.13. The number of nitrogens with zero attached hydrogens (tertiary/aromatic N) is 2. The van der Waals surface area contributed by atoms with E-state index in [0.29, 0.717) is 19.3 Å². The molecule has 180 valence electrons. The molecule has 0 aromatic heterocycles. The Hall–Kier alpha value is -3.07. The molecule has 0 saturated carbocycles. The monoisotopic (exact) mass is 466 g/mol. The van der Waals surface area contributed by atoms with Gasteiger partial charge in [-0.2, -0.15) is 0 Å². The van der Waals surface area contributed by atoms with Gasteiger partial charge >= 0.3 is 0 Å². The predicted molar refractivity (Wildman–Crippen MR) is 132 cm³/mol. The minimum absolute atomic E-state index is 0.109. The number of carbonyl (C=O) groups is 1. The highest BCUT2D eigenvalue weighted by Gasteiger charge is 2.18. The Morgan fingerprint density at radius 2 is 1.21 bits per heavy atom. The molecule has 2 radical (unpaired) electrons. The van der Waals surface area contributed by atoms with Crippen LogP contribution in [0.4, 0.5) is 11.4 Å². The molecule has 9 heteroatoms. The van der Waals surface area contributed by atoms with E-state index in [9.17, 15) is 25.0 Å². The third-order valence-corrected chi connectivity index (χ3v) is 5.83. The number of Topliss-reactive ketones (excluding diaryl/α,β-unsaturated/α-hetero) is 1. The first-order valence-electron chi connectivity index (χ1n) is 11.6. The number of rotatable bonds is 2. The second kappa shape index (κ2) is 14.3. The van der Waals surface area contributed by atoms with Gasteiger partial charge in [-0.3, -0.25) is 25.0 Å². The molecule has 8 nitrogen and oxygen atoms in total. The van der Waals surface area contributed by atoms with Gasteiger partial charge in [0.2, 0.25) is 0 Å². The van der Waals surface area contributed by atoms with Gasteiger partial charge in [0.1, 0.15) is 5.78 Å². The van der Waals surface area contributed by atoms with Gasteiger partial charge in [0.15, 0.2) is 0 Å². The molecule has 0 amide bonds. The molecule has 1 fully saturated rings. The average Bonchev–Trinajstić information content (AvgIpc) is 3.45. The zero-order chi connectivity index (χ0) is 24.9. The van der Waals surface area contributed by atoms with Crippen LogP contribution >= 0.6 is 0 Å². The van der Waals surface area contributed by atoms with Crippen LogP contribution in [0.15, 0.2) is 36.4 Å². The summed E-state index contributed by atoms with van der Waals surface area (Å²) in [7, 11) is 4.50. The van der Waals surface area contributed by atoms with Gasteiger partial charge in [-0.25, -0.2) is 0 Å². The third-order valence-electron chi connectivity index (χ3n) is 5.83. The standard InChI is InChI=1S/C10H9NO3.C10H11NO2.C4H8O.CH3B/c12-10-4-2-7-5-9(11(13)14)3-1-8(7)6-10;12-11(13)10-6-5-8-3-1-2-4-9(8)7-10;1-2-4-5-3-1;1-2/h1,3,5H,2,4,6H2;5-7H,1-4H2;1-4H2;1H3. The summed E-state index contributed by atoms with van der Waals surface area (Å²) in [6, 6.07) is 9.93. The Bertz CT molecular complexity index is 984. The van der Waals surface area contributed by atoms with Gasteiger partial charge in [0, 0.05) is 50.3 Å². The summed E-state index contributed by atoms with van der Waals surface area (Å²) in [4.78, 5) is 31.4. The molecule has 5 rings (SSSR count). The second-order valence-corrected chi connectivity index (χ2v) is 8.16. The number of nitro groups is 2. The molecular formula is C25H31BN2O6. The molecule has 2 aromatic carbocycles. The molecule has 2 aliphatic carbocycles. The van der Waals surface area contributed by atoms with Crippen LogP contribution in [0.25, 0.3) is 0 Å². The highest BCUT2D eigenvalue weighted by Crippen LogP contribution is 2.25. The number of ether oxygens (including phenoxy) is 1. The maximum absolute atomic E-state index is 11.1. The van der Waals surface area contributed by atoms with Crippen LogP contribution in [-0.2, 0) is 35.2 Å². The second-order valence-electron chi connectivity index (χ2n) is 8.16. The number of aryl methyl sites for hydroxylation is 3. The van der Waals surface area contributed by atoms with Crippen molar-refractivity contribution in [2.75, 3.05) is 13.2 Å². The van der Waals surface area contributed by atoms with Crippen molar-refractivity contribution in [1.29, 1.82) is 0 Å². The minimum Gasteiger partial charge on any atom is -0.381 e. The Morgan fingerprint density at radius 1 is 0.706 bits per heavy atom. The van der Waals surface area contributed by atoms with Crippen molar-refractivity contribution in [2.45, 2.75) is 64.6 Å². The zero-order valence-electron chi connectivity index (χ0n) is 19.7. The molecule has 0 atom stereocenters. The number of benzene rings is 2. The fraction of sp³-hybridized carbons (Fsp3) is 0.480. The molecule has 1 aliphatic heterocycles. The molecule has 3 aliphatic rings. The van der Waals surface area contributed by atoms with Crippen LogP contribution in [0, 0.1) is 20.2 Å². The maximum atomic E-state index is 11.1. The lowest BCUT2D eigenvalue weighted by molar-refractivity contribution is -0.385. The van der Waals surface area contributed by atoms with Crippen molar-refractivity contribution >= 4 is 25.0 Å². The van der Waals surface area contributed by atoms with E-state index in [0.717, 1.165) is 43.6 Å². The number of hydrogen-bond acceptors (Lipinski definition) is 6. The van der Waals surface area contributed by atoms with Crippen molar-refractivity contribution in [3.63, 3.8) is 0 Å². The van der Waals surface area contributed by atoms with E-state index in [1.54, 1.807) is 24.3 Å². The molecule has 2 aromatic rings. The van der Waals surface area contributed by atoms with Gasteiger partial charge in [-0.05, 0) is 67.2 Å². The molecule has 1 saturated heterocycles. The zero-order valence-corrected chi connectivity index (χ0v) is 19.7. The summed E-state index contributed by atoms with van der Waals surface area (Å²) in [6.45, 7) is 3.50. The lowest BCUT2D eigenvalue weighted by atomic mass is 9.90. The number of fused-ring (bicyclic) bond motifs is 2. The van der Waals surface area contributed by atoms with Crippen molar-refractivity contribution in [3.8, 4) is 0 Å². The topological polar surface area (TPSA) is 113 Å². The molecule has 0 unspecified atom stereocenters. The van der Waals surface area contributed by atoms with Gasteiger partial charge in [0.25, 0.3) is 11.4 Å². The number of non-ortho nitro benzene ring substituents is 2. The van der Waals surface area contributed by atoms with E-state index < -0.39 is 4.92 Å². The Balaban J connectivity index is 0.000000189. The molecule has 0 bridgehead atoms. The molecule has 1 heterocycles. The average molecular weight is 466 g/mol. The van der Waals surface area contributed by atoms with Crippen LogP contribution in [0.5, 0.6) is 0 Å². The van der Waals surface area contributed by atoms with Crippen LogP contribution in [0.2, 0.25) is 6.82 Å². The Labute approximate surface area is 201 Å². The van der Waals surface area contributed by atoms with Gasteiger partial charge < -0.3 is 4.74 Å². The fourth-order valence-corrected chi connectivity index (χ4v) is 4.05. The molecule has 0 spiro atoms. The van der Waals surface area contributed by atoms with Crippen molar-refractivity contribution < 1.29 is 19.4 Å². The maximum Gasteiger partial charge on any atom is 0.269 e. The number of nitro benzene ring substituents is 2. The Kier molecular flexibility index (Phi) is 11.4. The summed E-state index contributed by atoms with van der Waals surface area (Å²) in [5, 5.41) is 21.0. The molecule has 34 heavy (non-hydrogen) atoms. The summed E-state index contributed by atoms with van der Waals surface area (Å²) < 4.78 is 4.94. The van der Waals surface area contributed by atoms with E-state index in [1.165, 1.54) is 43.3 Å². The van der Waals surface area contributed by atoms with Crippen LogP contribution in [0.1, 0.15) is 54.4 Å². The van der Waals surface area contributed by atoms with E-state index >= 15 is 0 Å². The fourth-order valence-electron chi connectivity index (χ4n) is 4.05. The van der Waals surface area contributed by atoms with Crippen molar-refractivity contribution in [3.05, 3.63) is 78.9 Å². The summed E-state index contributed by atoms with van der Waals surface area (Å²) >= 11 is 0. The quantitative estimate of drug-likeness (QED) is 0.345. The van der Waals surface area contributed by atoms with Gasteiger partial charge in [-0.15, -0.1) is 0 Å². The van der Waals surface area contributed by atoms with Gasteiger partial charge in [-0.1, -0.05) is 19.0 Å². The number of carbonyl (C=O) groups excluding carboxylic acids is 1. The predicted octanol–water partition coefficient (Wildman–Crippen LogP) is 5.13. The summed E-state index contributed by atoms with van der Waals surface area (Å²) in [5.41, 5.74) is 4.67. The highest BCUT2D eigenvalue weighted by atomic mass is 16.6. The minimum atomic E-state index is -0.406. The SMILES string of the molecule is C1CCOC1.O=C1CCc2cc([N+](=O)[O-])ccc2C1.O=[N+]([O-])c1ccc2c(c1)CCCC2.[B]C. The van der Waals surface area contributed by atoms with Gasteiger partial charge in [0.05, 0.1) is 17.7 Å². The molecular weight excluding hydrogens is 435 g/mol. The largest absolute Gasteiger partial charge is 0.381 e. The summed E-state index contributed by atoms with van der Waals surface area (Å²) in [5.74, 6) is 0.214. The smallest absolute Gasteiger partial charge is 0.269 e. The number of hydrogen-bond donors (Lipinski definition) is 0. The van der Waals surface area contributed by atoms with Crippen molar-refractivity contribution in [1.82, 2.24) is 0 Å². The Morgan fingerprint density at radius 3 is 1.71 bits per heavy atom. The first kappa shape index (κ1) is 27.2. The van der Waals surface area contributed by atoms with Crippen LogP contribution < -0.4 is 0 Å². The normalized spacial score (nSPS) is 15.6. The first-order chi connectivity index (χ1) is 16.4.